The zero-order valence-electron chi connectivity index (χ0n) is 3.87. The maximum absolute atomic E-state index is 8.52. The predicted molar refractivity (Wildman–Crippen MR) is 10.5 cm³/mol. The fourth-order valence-electron chi connectivity index (χ4n) is 0. The number of hydrogen-bond acceptors (Lipinski definition) is 4. The minimum absolute atomic E-state index is 0. The van der Waals surface area contributed by atoms with Crippen LogP contribution in [-0.4, -0.2) is 17.5 Å². The molecule has 10 heavy (non-hydrogen) atoms. The van der Waals surface area contributed by atoms with Gasteiger partial charge in [-0.25, -0.2) is 0 Å². The van der Waals surface area contributed by atoms with Crippen molar-refractivity contribution in [3.63, 3.8) is 0 Å². The van der Waals surface area contributed by atoms with Crippen LogP contribution < -0.4 is 49.6 Å². The van der Waals surface area contributed by atoms with Gasteiger partial charge in [-0.1, -0.05) is 0 Å². The van der Waals surface area contributed by atoms with E-state index in [9.17, 15) is 0 Å². The van der Waals surface area contributed by atoms with E-state index in [1.54, 1.807) is 0 Å². The first-order chi connectivity index (χ1) is 2.00. The molecule has 0 unspecified atom stereocenters. The molecular formula is Cl4O4PtS-4. The summed E-state index contributed by atoms with van der Waals surface area (Å²) < 4.78 is 34.1. The summed E-state index contributed by atoms with van der Waals surface area (Å²) in [7, 11) is -5.17. The Hall–Kier alpha value is 1.72. The first-order valence-corrected chi connectivity index (χ1v) is 2.00. The molecule has 0 aliphatic heterocycles. The van der Waals surface area contributed by atoms with Crippen molar-refractivity contribution < 1.29 is 88.2 Å². The van der Waals surface area contributed by atoms with Gasteiger partial charge in [0.05, 0.1) is 0 Å². The van der Waals surface area contributed by atoms with Crippen LogP contribution in [0.25, 0.3) is 0 Å². The van der Waals surface area contributed by atoms with Gasteiger partial charge in [-0.05, 0) is 0 Å². The molecule has 0 N–H and O–H groups in total. The number of halogens is 4. The molecule has 0 atom stereocenters. The van der Waals surface area contributed by atoms with Crippen molar-refractivity contribution in [1.29, 1.82) is 0 Å². The molecule has 4 nitrogen and oxygen atoms in total. The molecular weight excluding hydrogens is 433 g/mol. The van der Waals surface area contributed by atoms with Gasteiger partial charge >= 0.3 is 21.1 Å². The van der Waals surface area contributed by atoms with Gasteiger partial charge in [0.1, 0.15) is 0 Å². The Labute approximate surface area is 98.0 Å². The van der Waals surface area contributed by atoms with Gasteiger partial charge < -0.3 is 58.7 Å². The molecule has 0 aliphatic rings. The molecule has 0 aromatic heterocycles. The van der Waals surface area contributed by atoms with Crippen LogP contribution in [0.5, 0.6) is 0 Å². The third-order valence-corrected chi connectivity index (χ3v) is 0. The van der Waals surface area contributed by atoms with Crippen LogP contribution in [0.4, 0.5) is 0 Å². The van der Waals surface area contributed by atoms with E-state index in [1.807, 2.05) is 0 Å². The molecule has 0 radical (unpaired) electrons. The van der Waals surface area contributed by atoms with Crippen LogP contribution in [0.15, 0.2) is 0 Å². The van der Waals surface area contributed by atoms with Crippen molar-refractivity contribution >= 4 is 10.4 Å². The quantitative estimate of drug-likeness (QED) is 0.281. The fraction of sp³-hybridized carbons (Fsp3) is 0. The minimum atomic E-state index is -5.17. The Bertz CT molecular complexity index is 100. The van der Waals surface area contributed by atoms with E-state index in [2.05, 4.69) is 0 Å². The molecule has 0 saturated heterocycles. The number of rotatable bonds is 0. The molecule has 0 spiro atoms. The summed E-state index contributed by atoms with van der Waals surface area (Å²) in [4.78, 5) is 0. The molecule has 0 bridgehead atoms. The van der Waals surface area contributed by atoms with Crippen molar-refractivity contribution in [2.75, 3.05) is 0 Å². The van der Waals surface area contributed by atoms with Crippen molar-refractivity contribution in [3.05, 3.63) is 0 Å². The van der Waals surface area contributed by atoms with Crippen LogP contribution in [0.2, 0.25) is 0 Å². The van der Waals surface area contributed by atoms with Crippen LogP contribution in [0.3, 0.4) is 0 Å². The normalized spacial score (nSPS) is 5.80. The molecule has 0 aromatic carbocycles. The van der Waals surface area contributed by atoms with Gasteiger partial charge in [0, 0.05) is 10.4 Å². The maximum atomic E-state index is 8.52. The molecule has 0 aromatic rings. The largest absolute Gasteiger partial charge is 2.00 e. The third kappa shape index (κ3) is 250. The van der Waals surface area contributed by atoms with E-state index in [-0.39, 0.29) is 70.7 Å². The Kier molecular flexibility index (Phi) is 70.0. The van der Waals surface area contributed by atoms with E-state index < -0.39 is 10.4 Å². The zero-order chi connectivity index (χ0) is 4.50. The summed E-state index contributed by atoms with van der Waals surface area (Å²) in [6.07, 6.45) is 0. The summed E-state index contributed by atoms with van der Waals surface area (Å²) in [5.41, 5.74) is 0. The van der Waals surface area contributed by atoms with Gasteiger partial charge in [0.25, 0.3) is 0 Å². The molecule has 10 heteroatoms. The topological polar surface area (TPSA) is 80.3 Å². The second-order valence-electron chi connectivity index (χ2n) is 0.408. The average molecular weight is 433 g/mol. The van der Waals surface area contributed by atoms with Gasteiger partial charge in [0.2, 0.25) is 0 Å². The van der Waals surface area contributed by atoms with Gasteiger partial charge in [-0.15, -0.1) is 0 Å². The second kappa shape index (κ2) is 17.0. The summed E-state index contributed by atoms with van der Waals surface area (Å²) >= 11 is 0. The molecule has 0 fully saturated rings. The van der Waals surface area contributed by atoms with E-state index >= 15 is 0 Å². The summed E-state index contributed by atoms with van der Waals surface area (Å²) in [6.45, 7) is 0. The van der Waals surface area contributed by atoms with Crippen molar-refractivity contribution in [1.82, 2.24) is 0 Å². The standard InChI is InChI=1S/4ClH.H2O4S.Pt/c;;;;1-5(2,3)4;/h4*1H;(H2,1,2,3,4);/q;;;;;+2/p-6. The van der Waals surface area contributed by atoms with Crippen molar-refractivity contribution in [3.8, 4) is 0 Å². The second-order valence-corrected chi connectivity index (χ2v) is 1.22. The predicted octanol–water partition coefficient (Wildman–Crippen LogP) is -13.3. The van der Waals surface area contributed by atoms with Crippen LogP contribution in [0, 0.1) is 0 Å². The first-order valence-electron chi connectivity index (χ1n) is 0.667. The van der Waals surface area contributed by atoms with E-state index in [1.165, 1.54) is 0 Å². The third-order valence-electron chi connectivity index (χ3n) is 0. The first kappa shape index (κ1) is 41.2. The maximum Gasteiger partial charge on any atom is 2.00 e. The molecule has 0 aliphatic carbocycles. The summed E-state index contributed by atoms with van der Waals surface area (Å²) in [5.74, 6) is 0. The van der Waals surface area contributed by atoms with E-state index in [0.717, 1.165) is 0 Å². The molecule has 0 saturated carbocycles. The molecule has 0 heterocycles. The van der Waals surface area contributed by atoms with Gasteiger partial charge in [-0.2, -0.15) is 0 Å². The van der Waals surface area contributed by atoms with Crippen molar-refractivity contribution in [2.24, 2.45) is 0 Å². The summed E-state index contributed by atoms with van der Waals surface area (Å²) in [5, 5.41) is 0. The zero-order valence-corrected chi connectivity index (χ0v) is 9.98. The van der Waals surface area contributed by atoms with E-state index in [0.29, 0.717) is 0 Å². The Balaban J connectivity index is -0.00000000800. The SMILES string of the molecule is O=S(=O)([O-])[O-].[Cl-].[Cl-].[Cl-].[Cl-].[Pt+2]. The smallest absolute Gasteiger partial charge is 1.00 e. The van der Waals surface area contributed by atoms with E-state index in [4.69, 9.17) is 17.5 Å². The van der Waals surface area contributed by atoms with Gasteiger partial charge in [0.15, 0.2) is 0 Å². The summed E-state index contributed by atoms with van der Waals surface area (Å²) in [6, 6.07) is 0. The monoisotopic (exact) mass is 431 g/mol. The molecule has 0 amide bonds. The van der Waals surface area contributed by atoms with Crippen LogP contribution in [0.1, 0.15) is 0 Å². The molecule has 0 rings (SSSR count). The van der Waals surface area contributed by atoms with Gasteiger partial charge in [-0.3, -0.25) is 8.42 Å². The minimum Gasteiger partial charge on any atom is -1.00 e. The number of hydrogen-bond donors (Lipinski definition) is 0. The Morgan fingerprint density at radius 2 is 0.800 bits per heavy atom. The Morgan fingerprint density at radius 3 is 0.800 bits per heavy atom. The average Bonchev–Trinajstić information content (AvgIpc) is 0.722. The van der Waals surface area contributed by atoms with Crippen molar-refractivity contribution in [2.45, 2.75) is 0 Å². The fourth-order valence-corrected chi connectivity index (χ4v) is 0. The molecule has 72 valence electrons. The van der Waals surface area contributed by atoms with Crippen LogP contribution in [-0.2, 0) is 31.5 Å². The van der Waals surface area contributed by atoms with Crippen LogP contribution >= 0.6 is 0 Å². The Morgan fingerprint density at radius 1 is 0.800 bits per heavy atom.